The van der Waals surface area contributed by atoms with E-state index >= 15 is 0 Å². The molecule has 11 nitrogen and oxygen atoms in total. The third-order valence-electron chi connectivity index (χ3n) is 4.10. The van der Waals surface area contributed by atoms with E-state index < -0.39 is 17.5 Å². The molecule has 0 aliphatic carbocycles. The predicted octanol–water partition coefficient (Wildman–Crippen LogP) is -0.658. The predicted molar refractivity (Wildman–Crippen MR) is 82.4 cm³/mol. The van der Waals surface area contributed by atoms with Crippen LogP contribution in [0.5, 0.6) is 0 Å². The first kappa shape index (κ1) is 15.5. The molecule has 25 heavy (non-hydrogen) atoms. The van der Waals surface area contributed by atoms with Gasteiger partial charge in [0.25, 0.3) is 5.91 Å². The molecule has 1 aliphatic rings. The monoisotopic (exact) mass is 345 g/mol. The summed E-state index contributed by atoms with van der Waals surface area (Å²) >= 11 is 0. The van der Waals surface area contributed by atoms with E-state index in [-0.39, 0.29) is 24.8 Å². The fourth-order valence-corrected chi connectivity index (χ4v) is 2.86. The van der Waals surface area contributed by atoms with Crippen molar-refractivity contribution in [3.8, 4) is 0 Å². The molecule has 130 valence electrons. The fourth-order valence-electron chi connectivity index (χ4n) is 2.86. The van der Waals surface area contributed by atoms with Gasteiger partial charge >= 0.3 is 5.76 Å². The summed E-state index contributed by atoms with van der Waals surface area (Å²) in [7, 11) is 0. The molecule has 2 unspecified atom stereocenters. The van der Waals surface area contributed by atoms with Crippen molar-refractivity contribution in [2.45, 2.75) is 24.6 Å². The van der Waals surface area contributed by atoms with Crippen LogP contribution >= 0.6 is 0 Å². The summed E-state index contributed by atoms with van der Waals surface area (Å²) < 4.78 is 12.0. The molecule has 1 amide bonds. The van der Waals surface area contributed by atoms with Crippen molar-refractivity contribution in [2.75, 3.05) is 6.61 Å². The number of aromatic amines is 1. The van der Waals surface area contributed by atoms with Crippen molar-refractivity contribution in [2.24, 2.45) is 5.73 Å². The minimum Gasteiger partial charge on any atom is -0.390 e. The summed E-state index contributed by atoms with van der Waals surface area (Å²) in [5.74, 6) is -0.906. The van der Waals surface area contributed by atoms with E-state index in [2.05, 4.69) is 25.6 Å². The smallest absolute Gasteiger partial charge is 0.390 e. The second kappa shape index (κ2) is 5.79. The van der Waals surface area contributed by atoms with E-state index in [4.69, 9.17) is 14.9 Å². The van der Waals surface area contributed by atoms with E-state index in [1.807, 2.05) is 0 Å². The Morgan fingerprint density at radius 2 is 2.40 bits per heavy atom. The van der Waals surface area contributed by atoms with Gasteiger partial charge < -0.3 is 20.2 Å². The lowest BCUT2D eigenvalue weighted by molar-refractivity contribution is -0.0406. The maximum absolute atomic E-state index is 12.6. The lowest BCUT2D eigenvalue weighted by Gasteiger charge is -2.37. The van der Waals surface area contributed by atoms with Gasteiger partial charge in [-0.3, -0.25) is 4.79 Å². The van der Waals surface area contributed by atoms with Gasteiger partial charge in [0.2, 0.25) is 5.89 Å². The average molecular weight is 345 g/mol. The van der Waals surface area contributed by atoms with E-state index in [9.17, 15) is 9.59 Å². The maximum atomic E-state index is 12.6. The molecular formula is C14H15N7O4. The highest BCUT2D eigenvalue weighted by molar-refractivity contribution is 6.01. The second-order valence-corrected chi connectivity index (χ2v) is 5.84. The van der Waals surface area contributed by atoms with E-state index in [1.165, 1.54) is 6.33 Å². The van der Waals surface area contributed by atoms with Crippen LogP contribution in [0.2, 0.25) is 0 Å². The zero-order chi connectivity index (χ0) is 17.4. The number of nitrogens with zero attached hydrogens (tertiary/aromatic N) is 4. The Kier molecular flexibility index (Phi) is 3.58. The number of aromatic nitrogens is 5. The van der Waals surface area contributed by atoms with Crippen molar-refractivity contribution in [3.63, 3.8) is 0 Å². The summed E-state index contributed by atoms with van der Waals surface area (Å²) in [4.78, 5) is 27.7. The zero-order valence-corrected chi connectivity index (χ0v) is 13.0. The second-order valence-electron chi connectivity index (χ2n) is 5.84. The molecule has 11 heteroatoms. The molecule has 0 aromatic carbocycles. The minimum absolute atomic E-state index is 0.108. The number of carbonyl (C=O) groups is 1. The van der Waals surface area contributed by atoms with Gasteiger partial charge in [0.15, 0.2) is 0 Å². The number of nitrogens with two attached hydrogens (primary N) is 1. The van der Waals surface area contributed by atoms with Gasteiger partial charge in [0.1, 0.15) is 12.4 Å². The van der Waals surface area contributed by atoms with Gasteiger partial charge in [0.05, 0.1) is 29.5 Å². The number of rotatable bonds is 3. The van der Waals surface area contributed by atoms with Crippen LogP contribution in [0, 0.1) is 0 Å². The van der Waals surface area contributed by atoms with Crippen LogP contribution in [0.1, 0.15) is 35.2 Å². The van der Waals surface area contributed by atoms with Crippen LogP contribution in [0.4, 0.5) is 0 Å². The minimum atomic E-state index is -1.03. The third kappa shape index (κ3) is 2.90. The van der Waals surface area contributed by atoms with Crippen molar-refractivity contribution < 1.29 is 13.9 Å². The zero-order valence-electron chi connectivity index (χ0n) is 13.0. The quantitative estimate of drug-likeness (QED) is 0.529. The highest BCUT2D eigenvalue weighted by Crippen LogP contribution is 2.30. The Labute approximate surface area is 140 Å². The number of amides is 1. The number of hydrogen-bond donors (Lipinski definition) is 3. The molecule has 1 saturated heterocycles. The molecular weight excluding hydrogens is 330 g/mol. The van der Waals surface area contributed by atoms with E-state index in [0.717, 1.165) is 0 Å². The van der Waals surface area contributed by atoms with Gasteiger partial charge in [-0.2, -0.15) is 5.10 Å². The molecule has 0 bridgehead atoms. The average Bonchev–Trinajstić information content (AvgIpc) is 3.20. The van der Waals surface area contributed by atoms with Crippen LogP contribution in [0.15, 0.2) is 34.0 Å². The summed E-state index contributed by atoms with van der Waals surface area (Å²) in [5.41, 5.74) is 6.30. The molecule has 1 aliphatic heterocycles. The topological polar surface area (TPSA) is 153 Å². The normalized spacial score (nSPS) is 23.6. The molecule has 4 N–H and O–H groups in total. The Bertz CT molecular complexity index is 977. The molecule has 3 aromatic rings. The molecule has 4 rings (SSSR count). The van der Waals surface area contributed by atoms with Gasteiger partial charge in [-0.25, -0.2) is 19.4 Å². The van der Waals surface area contributed by atoms with Crippen LogP contribution in [-0.2, 0) is 4.74 Å². The third-order valence-corrected chi connectivity index (χ3v) is 4.10. The number of H-pyrrole nitrogens is 1. The first-order chi connectivity index (χ1) is 12.0. The summed E-state index contributed by atoms with van der Waals surface area (Å²) in [5, 5.41) is 12.8. The molecule has 4 heterocycles. The molecule has 0 radical (unpaired) electrons. The van der Waals surface area contributed by atoms with Crippen LogP contribution in [0.3, 0.4) is 0 Å². The van der Waals surface area contributed by atoms with Crippen LogP contribution < -0.4 is 16.8 Å². The fraction of sp³-hybridized carbons (Fsp3) is 0.357. The van der Waals surface area contributed by atoms with Gasteiger partial charge in [-0.05, 0) is 6.07 Å². The molecule has 1 fully saturated rings. The maximum Gasteiger partial charge on any atom is 0.434 e. The molecule has 0 saturated carbocycles. The number of nitrogens with one attached hydrogen (secondary N) is 2. The van der Waals surface area contributed by atoms with Crippen LogP contribution in [-0.4, -0.2) is 43.0 Å². The van der Waals surface area contributed by atoms with Crippen LogP contribution in [0.25, 0.3) is 5.52 Å². The number of carbonyl (C=O) groups excluding carboxylic acids is 1. The standard InChI is InChI=1S/C14H15N7O4/c15-14(2-4-24-10(5-14)12-19-20-13(23)25-12)18-11(22)8-1-3-21-9(8)6-16-7-17-21/h1,3,6-7,10H,2,4-5,15H2,(H,18,22)(H,20,23). The highest BCUT2D eigenvalue weighted by Gasteiger charge is 2.38. The largest absolute Gasteiger partial charge is 0.434 e. The lowest BCUT2D eigenvalue weighted by Crippen LogP contribution is -2.59. The van der Waals surface area contributed by atoms with Gasteiger partial charge in [-0.15, -0.1) is 5.10 Å². The Balaban J connectivity index is 1.54. The van der Waals surface area contributed by atoms with Crippen molar-refractivity contribution in [1.29, 1.82) is 0 Å². The Morgan fingerprint density at radius 3 is 3.20 bits per heavy atom. The van der Waals surface area contributed by atoms with E-state index in [1.54, 1.807) is 23.0 Å². The molecule has 3 aromatic heterocycles. The number of fused-ring (bicyclic) bond motifs is 1. The Hall–Kier alpha value is -3.05. The van der Waals surface area contributed by atoms with Crippen molar-refractivity contribution >= 4 is 11.4 Å². The first-order valence-electron chi connectivity index (χ1n) is 7.60. The summed E-state index contributed by atoms with van der Waals surface area (Å²) in [6.07, 6.45) is 4.62. The Morgan fingerprint density at radius 1 is 1.52 bits per heavy atom. The number of ether oxygens (including phenoxy) is 1. The van der Waals surface area contributed by atoms with Gasteiger partial charge in [-0.1, -0.05) is 0 Å². The number of hydrogen-bond acceptors (Lipinski definition) is 8. The van der Waals surface area contributed by atoms with Crippen molar-refractivity contribution in [3.05, 3.63) is 46.8 Å². The highest BCUT2D eigenvalue weighted by atomic mass is 16.5. The summed E-state index contributed by atoms with van der Waals surface area (Å²) in [6.45, 7) is 0.289. The van der Waals surface area contributed by atoms with E-state index in [0.29, 0.717) is 17.5 Å². The van der Waals surface area contributed by atoms with Crippen molar-refractivity contribution in [1.82, 2.24) is 30.1 Å². The lowest BCUT2D eigenvalue weighted by atomic mass is 9.95. The SMILES string of the molecule is NC1(NC(=O)c2ccn3ncncc23)CCOC(c2n[nH]c(=O)o2)C1. The summed E-state index contributed by atoms with van der Waals surface area (Å²) in [6, 6.07) is 1.65. The molecule has 0 spiro atoms. The molecule has 2 atom stereocenters. The first-order valence-corrected chi connectivity index (χ1v) is 7.60. The van der Waals surface area contributed by atoms with Gasteiger partial charge in [0, 0.05) is 19.0 Å².